The number of benzene rings is 1. The zero-order valence-electron chi connectivity index (χ0n) is 16.4. The molecule has 1 heterocycles. The maximum Gasteiger partial charge on any atom is 0.252 e. The lowest BCUT2D eigenvalue weighted by molar-refractivity contribution is -0.124. The molecule has 1 aliphatic rings. The molecule has 2 atom stereocenters. The fourth-order valence-corrected chi connectivity index (χ4v) is 4.09. The molecule has 2 aromatic rings. The molecule has 6 heteroatoms. The quantitative estimate of drug-likeness (QED) is 0.640. The lowest BCUT2D eigenvalue weighted by atomic mass is 9.86. The van der Waals surface area contributed by atoms with Gasteiger partial charge in [0.15, 0.2) is 5.78 Å². The number of nitrogens with one attached hydrogen (secondary N) is 1. The first-order valence-electron chi connectivity index (χ1n) is 9.41. The van der Waals surface area contributed by atoms with Crippen molar-refractivity contribution in [3.05, 3.63) is 58.4 Å². The molecule has 1 aliphatic carbocycles. The molecule has 0 aliphatic heterocycles. The lowest BCUT2D eigenvalue weighted by Crippen LogP contribution is -2.28. The second-order valence-corrected chi connectivity index (χ2v) is 7.57. The molecule has 1 N–H and O–H groups in total. The highest BCUT2D eigenvalue weighted by Crippen LogP contribution is 2.37. The molecular formula is C22H23BN2O3. The Morgan fingerprint density at radius 3 is 2.46 bits per heavy atom. The van der Waals surface area contributed by atoms with Gasteiger partial charge in [0.05, 0.1) is 5.56 Å². The van der Waals surface area contributed by atoms with Gasteiger partial charge in [-0.2, -0.15) is 0 Å². The molecule has 1 saturated carbocycles. The highest BCUT2D eigenvalue weighted by Gasteiger charge is 2.42. The summed E-state index contributed by atoms with van der Waals surface area (Å²) in [4.78, 5) is 41.6. The number of carbonyl (C=O) groups is 3. The topological polar surface area (TPSA) is 76.1 Å². The zero-order chi connectivity index (χ0) is 20.4. The van der Waals surface area contributed by atoms with Gasteiger partial charge in [0.25, 0.3) is 5.91 Å². The maximum atomic E-state index is 12.9. The van der Waals surface area contributed by atoms with Crippen LogP contribution in [0.15, 0.2) is 30.6 Å². The normalized spacial score (nSPS) is 19.1. The second-order valence-electron chi connectivity index (χ2n) is 7.57. The minimum Gasteiger partial charge on any atom is -0.352 e. The van der Waals surface area contributed by atoms with E-state index in [2.05, 4.69) is 10.3 Å². The van der Waals surface area contributed by atoms with Crippen LogP contribution in [-0.2, 0) is 9.59 Å². The Hall–Kier alpha value is -2.76. The molecule has 28 heavy (non-hydrogen) atoms. The van der Waals surface area contributed by atoms with Gasteiger partial charge in [-0.05, 0) is 43.9 Å². The first-order chi connectivity index (χ1) is 13.3. The van der Waals surface area contributed by atoms with Gasteiger partial charge >= 0.3 is 0 Å². The number of amides is 1. The Labute approximate surface area is 166 Å². The summed E-state index contributed by atoms with van der Waals surface area (Å²) in [6.07, 6.45) is 3.57. The van der Waals surface area contributed by atoms with Crippen LogP contribution >= 0.6 is 0 Å². The summed E-state index contributed by atoms with van der Waals surface area (Å²) in [5, 5.41) is 2.78. The zero-order valence-corrected chi connectivity index (χ0v) is 16.4. The summed E-state index contributed by atoms with van der Waals surface area (Å²) < 4.78 is 0. The van der Waals surface area contributed by atoms with Crippen molar-refractivity contribution in [1.29, 1.82) is 0 Å². The molecule has 3 rings (SSSR count). The second kappa shape index (κ2) is 8.09. The number of rotatable bonds is 5. The summed E-state index contributed by atoms with van der Waals surface area (Å²) in [5.41, 5.74) is 4.71. The van der Waals surface area contributed by atoms with Gasteiger partial charge in [0.2, 0.25) is 0 Å². The van der Waals surface area contributed by atoms with Gasteiger partial charge < -0.3 is 5.32 Å². The van der Waals surface area contributed by atoms with Crippen LogP contribution in [0.5, 0.6) is 0 Å². The van der Waals surface area contributed by atoms with Crippen LogP contribution in [0.4, 0.5) is 0 Å². The number of nitrogens with zero attached hydrogens (tertiary/aromatic N) is 1. The van der Waals surface area contributed by atoms with E-state index in [9.17, 15) is 14.4 Å². The Morgan fingerprint density at radius 2 is 1.82 bits per heavy atom. The Balaban J connectivity index is 1.65. The smallest absolute Gasteiger partial charge is 0.252 e. The van der Waals surface area contributed by atoms with Crippen molar-refractivity contribution in [2.75, 3.05) is 6.54 Å². The van der Waals surface area contributed by atoms with Crippen molar-refractivity contribution < 1.29 is 14.4 Å². The fraction of sp³-hybridized carbons (Fsp3) is 0.364. The minimum absolute atomic E-state index is 0.0311. The van der Waals surface area contributed by atoms with Crippen molar-refractivity contribution in [3.8, 4) is 0 Å². The first-order valence-corrected chi connectivity index (χ1v) is 9.41. The van der Waals surface area contributed by atoms with Crippen LogP contribution < -0.4 is 10.8 Å². The summed E-state index contributed by atoms with van der Waals surface area (Å²) in [5.74, 6) is -1.41. The van der Waals surface area contributed by atoms with Crippen molar-refractivity contribution >= 4 is 30.8 Å². The summed E-state index contributed by atoms with van der Waals surface area (Å²) in [6, 6.07) is 5.57. The third kappa shape index (κ3) is 4.06. The van der Waals surface area contributed by atoms with E-state index in [1.54, 1.807) is 6.07 Å². The molecule has 2 unspecified atom stereocenters. The van der Waals surface area contributed by atoms with E-state index in [4.69, 9.17) is 7.85 Å². The lowest BCUT2D eigenvalue weighted by Gasteiger charge is -2.16. The number of hydrogen-bond donors (Lipinski definition) is 1. The van der Waals surface area contributed by atoms with Crippen molar-refractivity contribution in [1.82, 2.24) is 10.3 Å². The highest BCUT2D eigenvalue weighted by atomic mass is 16.2. The number of aromatic nitrogens is 1. The standard InChI is InChI=1S/C22H23BN2O3/c1-12-6-13(2)19(14(3)7-12)20-18(26)9-15(21(20)27)4-5-25-22(28)16-8-17(23)11-24-10-16/h6-8,10-11,15,20H,4-5,9H2,1-3H3,(H,25,28). The maximum absolute atomic E-state index is 12.9. The summed E-state index contributed by atoms with van der Waals surface area (Å²) in [6.45, 7) is 6.21. The molecule has 1 amide bonds. The van der Waals surface area contributed by atoms with E-state index >= 15 is 0 Å². The van der Waals surface area contributed by atoms with Crippen molar-refractivity contribution in [2.24, 2.45) is 5.92 Å². The number of ketones is 2. The molecule has 0 bridgehead atoms. The number of carbonyl (C=O) groups excluding carboxylic acids is 3. The monoisotopic (exact) mass is 374 g/mol. The molecule has 5 nitrogen and oxygen atoms in total. The van der Waals surface area contributed by atoms with Gasteiger partial charge in [0.1, 0.15) is 19.5 Å². The molecule has 0 spiro atoms. The number of Topliss-reactive ketones (excluding diaryl/α,β-unsaturated/α-hetero) is 2. The average Bonchev–Trinajstić information content (AvgIpc) is 2.89. The van der Waals surface area contributed by atoms with E-state index < -0.39 is 5.92 Å². The molecular weight excluding hydrogens is 351 g/mol. The van der Waals surface area contributed by atoms with Crippen molar-refractivity contribution in [3.63, 3.8) is 0 Å². The van der Waals surface area contributed by atoms with E-state index in [0.717, 1.165) is 22.3 Å². The Kier molecular flexibility index (Phi) is 5.77. The first kappa shape index (κ1) is 20.0. The predicted octanol–water partition coefficient (Wildman–Crippen LogP) is 1.86. The minimum atomic E-state index is -0.681. The molecule has 0 saturated heterocycles. The molecule has 2 radical (unpaired) electrons. The van der Waals surface area contributed by atoms with E-state index in [1.165, 1.54) is 12.4 Å². The van der Waals surface area contributed by atoms with Gasteiger partial charge in [-0.1, -0.05) is 29.2 Å². The Morgan fingerprint density at radius 1 is 1.14 bits per heavy atom. The number of pyridine rings is 1. The van der Waals surface area contributed by atoms with Crippen LogP contribution in [0.3, 0.4) is 0 Å². The van der Waals surface area contributed by atoms with Crippen LogP contribution in [-0.4, -0.2) is 36.8 Å². The SMILES string of the molecule is [B]c1cncc(C(=O)NCCC2CC(=O)C(c3c(C)cc(C)cc3C)C2=O)c1. The molecule has 1 fully saturated rings. The summed E-state index contributed by atoms with van der Waals surface area (Å²) >= 11 is 0. The largest absolute Gasteiger partial charge is 0.352 e. The molecule has 1 aromatic heterocycles. The number of hydrogen-bond acceptors (Lipinski definition) is 4. The van der Waals surface area contributed by atoms with E-state index in [-0.39, 0.29) is 29.8 Å². The van der Waals surface area contributed by atoms with Crippen LogP contribution in [0.1, 0.15) is 51.4 Å². The predicted molar refractivity (Wildman–Crippen MR) is 108 cm³/mol. The van der Waals surface area contributed by atoms with Gasteiger partial charge in [0, 0.05) is 31.3 Å². The third-order valence-electron chi connectivity index (χ3n) is 5.28. The van der Waals surface area contributed by atoms with Crippen LogP contribution in [0.25, 0.3) is 0 Å². The van der Waals surface area contributed by atoms with Crippen LogP contribution in [0, 0.1) is 26.7 Å². The van der Waals surface area contributed by atoms with Gasteiger partial charge in [-0.25, -0.2) is 0 Å². The number of aryl methyl sites for hydroxylation is 3. The molecule has 142 valence electrons. The highest BCUT2D eigenvalue weighted by molar-refractivity contribution is 6.32. The van der Waals surface area contributed by atoms with Crippen LogP contribution in [0.2, 0.25) is 0 Å². The third-order valence-corrected chi connectivity index (χ3v) is 5.28. The molecule has 1 aromatic carbocycles. The van der Waals surface area contributed by atoms with E-state index in [1.807, 2.05) is 32.9 Å². The van der Waals surface area contributed by atoms with Gasteiger partial charge in [-0.3, -0.25) is 19.4 Å². The summed E-state index contributed by atoms with van der Waals surface area (Å²) in [7, 11) is 5.64. The van der Waals surface area contributed by atoms with E-state index in [0.29, 0.717) is 24.0 Å². The van der Waals surface area contributed by atoms with Gasteiger partial charge in [-0.15, -0.1) is 0 Å². The average molecular weight is 374 g/mol. The van der Waals surface area contributed by atoms with Crippen molar-refractivity contribution in [2.45, 2.75) is 39.5 Å². The Bertz CT molecular complexity index is 932. The fourth-order valence-electron chi connectivity index (χ4n) is 4.09.